The van der Waals surface area contributed by atoms with Crippen molar-refractivity contribution in [2.24, 2.45) is 5.73 Å². The van der Waals surface area contributed by atoms with Crippen LogP contribution in [0.15, 0.2) is 24.3 Å². The van der Waals surface area contributed by atoms with Gasteiger partial charge in [0.1, 0.15) is 0 Å². The molecule has 0 amide bonds. The summed E-state index contributed by atoms with van der Waals surface area (Å²) in [6, 6.07) is 7.55. The number of methoxy groups -OCH3 is 2. The second-order valence-corrected chi connectivity index (χ2v) is 4.94. The van der Waals surface area contributed by atoms with Gasteiger partial charge in [-0.25, -0.2) is 0 Å². The molecule has 0 aromatic heterocycles. The smallest absolute Gasteiger partial charge is 0.159 e. The standard InChI is InChI=1S/C13H21ClN2O2/c1-13(9-15,8-12(17-2)18-3)16-11-6-4-5-10(14)7-11/h4-7,12,16H,8-9,15H2,1-3H3. The molecule has 0 aliphatic rings. The third-order valence-electron chi connectivity index (χ3n) is 2.86. The molecule has 0 saturated carbocycles. The van der Waals surface area contributed by atoms with Gasteiger partial charge in [-0.05, 0) is 25.1 Å². The predicted molar refractivity (Wildman–Crippen MR) is 75.0 cm³/mol. The minimum absolute atomic E-state index is 0.287. The van der Waals surface area contributed by atoms with Crippen molar-refractivity contribution in [3.05, 3.63) is 29.3 Å². The molecule has 1 aromatic rings. The number of rotatable bonds is 7. The minimum Gasteiger partial charge on any atom is -0.378 e. The first-order valence-corrected chi connectivity index (χ1v) is 6.20. The van der Waals surface area contributed by atoms with E-state index in [1.54, 1.807) is 14.2 Å². The van der Waals surface area contributed by atoms with Gasteiger partial charge in [-0.15, -0.1) is 0 Å². The molecule has 0 spiro atoms. The molecule has 102 valence electrons. The average molecular weight is 273 g/mol. The number of ether oxygens (including phenoxy) is 2. The lowest BCUT2D eigenvalue weighted by Gasteiger charge is -2.33. The quantitative estimate of drug-likeness (QED) is 0.749. The van der Waals surface area contributed by atoms with Gasteiger partial charge >= 0.3 is 0 Å². The zero-order valence-electron chi connectivity index (χ0n) is 11.1. The molecule has 0 heterocycles. The van der Waals surface area contributed by atoms with Crippen LogP contribution in [0.25, 0.3) is 0 Å². The summed E-state index contributed by atoms with van der Waals surface area (Å²) in [4.78, 5) is 0. The Hall–Kier alpha value is -0.810. The van der Waals surface area contributed by atoms with E-state index in [1.165, 1.54) is 0 Å². The molecule has 0 fully saturated rings. The van der Waals surface area contributed by atoms with E-state index in [0.717, 1.165) is 5.69 Å². The predicted octanol–water partition coefficient (Wildman–Crippen LogP) is 2.48. The second kappa shape index (κ2) is 6.95. The lowest BCUT2D eigenvalue weighted by atomic mass is 9.97. The van der Waals surface area contributed by atoms with Crippen molar-refractivity contribution in [1.29, 1.82) is 0 Å². The number of halogens is 1. The van der Waals surface area contributed by atoms with E-state index in [9.17, 15) is 0 Å². The van der Waals surface area contributed by atoms with Gasteiger partial charge in [0.05, 0.1) is 5.54 Å². The molecule has 4 nitrogen and oxygen atoms in total. The molecular formula is C13H21ClN2O2. The highest BCUT2D eigenvalue weighted by atomic mass is 35.5. The van der Waals surface area contributed by atoms with Crippen LogP contribution in [0.5, 0.6) is 0 Å². The summed E-state index contributed by atoms with van der Waals surface area (Å²) in [6.45, 7) is 2.49. The van der Waals surface area contributed by atoms with Crippen molar-refractivity contribution in [2.75, 3.05) is 26.1 Å². The van der Waals surface area contributed by atoms with Crippen LogP contribution in [0.4, 0.5) is 5.69 Å². The average Bonchev–Trinajstić information content (AvgIpc) is 2.36. The highest BCUT2D eigenvalue weighted by molar-refractivity contribution is 6.30. The molecule has 0 bridgehead atoms. The van der Waals surface area contributed by atoms with E-state index in [2.05, 4.69) is 5.32 Å². The number of hydrogen-bond donors (Lipinski definition) is 2. The first-order valence-electron chi connectivity index (χ1n) is 5.82. The van der Waals surface area contributed by atoms with Gasteiger partial charge in [-0.1, -0.05) is 17.7 Å². The van der Waals surface area contributed by atoms with Crippen molar-refractivity contribution in [1.82, 2.24) is 0 Å². The molecular weight excluding hydrogens is 252 g/mol. The van der Waals surface area contributed by atoms with Crippen LogP contribution in [-0.4, -0.2) is 32.6 Å². The highest BCUT2D eigenvalue weighted by Crippen LogP contribution is 2.22. The Balaban J connectivity index is 2.75. The molecule has 3 N–H and O–H groups in total. The molecule has 0 aliphatic carbocycles. The van der Waals surface area contributed by atoms with Crippen LogP contribution in [0.3, 0.4) is 0 Å². The molecule has 1 unspecified atom stereocenters. The molecule has 18 heavy (non-hydrogen) atoms. The zero-order chi connectivity index (χ0) is 13.6. The SMILES string of the molecule is COC(CC(C)(CN)Nc1cccc(Cl)c1)OC. The van der Waals surface area contributed by atoms with Crippen molar-refractivity contribution in [3.63, 3.8) is 0 Å². The van der Waals surface area contributed by atoms with E-state index in [4.69, 9.17) is 26.8 Å². The fourth-order valence-corrected chi connectivity index (χ4v) is 1.92. The molecule has 0 saturated heterocycles. The van der Waals surface area contributed by atoms with Crippen LogP contribution >= 0.6 is 11.6 Å². The van der Waals surface area contributed by atoms with Gasteiger partial charge < -0.3 is 20.5 Å². The van der Waals surface area contributed by atoms with Gasteiger partial charge in [-0.2, -0.15) is 0 Å². The van der Waals surface area contributed by atoms with E-state index < -0.39 is 0 Å². The van der Waals surface area contributed by atoms with Crippen LogP contribution in [-0.2, 0) is 9.47 Å². The third kappa shape index (κ3) is 4.46. The summed E-state index contributed by atoms with van der Waals surface area (Å²) < 4.78 is 10.4. The number of anilines is 1. The Morgan fingerprint density at radius 3 is 2.56 bits per heavy atom. The van der Waals surface area contributed by atoms with Gasteiger partial charge in [0.15, 0.2) is 6.29 Å². The highest BCUT2D eigenvalue weighted by Gasteiger charge is 2.27. The van der Waals surface area contributed by atoms with Crippen LogP contribution in [0.1, 0.15) is 13.3 Å². The summed E-state index contributed by atoms with van der Waals surface area (Å²) in [5.41, 5.74) is 6.46. The zero-order valence-corrected chi connectivity index (χ0v) is 11.8. The summed E-state index contributed by atoms with van der Waals surface area (Å²) in [5, 5.41) is 4.06. The van der Waals surface area contributed by atoms with Crippen molar-refractivity contribution in [2.45, 2.75) is 25.2 Å². The van der Waals surface area contributed by atoms with Crippen molar-refractivity contribution < 1.29 is 9.47 Å². The van der Waals surface area contributed by atoms with Gasteiger partial charge in [0.2, 0.25) is 0 Å². The molecule has 0 radical (unpaired) electrons. The van der Waals surface area contributed by atoms with Crippen LogP contribution < -0.4 is 11.1 Å². The monoisotopic (exact) mass is 272 g/mol. The second-order valence-electron chi connectivity index (χ2n) is 4.51. The summed E-state index contributed by atoms with van der Waals surface area (Å²) in [5.74, 6) is 0. The van der Waals surface area contributed by atoms with Crippen molar-refractivity contribution in [3.8, 4) is 0 Å². The van der Waals surface area contributed by atoms with E-state index in [-0.39, 0.29) is 11.8 Å². The van der Waals surface area contributed by atoms with Gasteiger partial charge in [0.25, 0.3) is 0 Å². The normalized spacial score (nSPS) is 14.6. The van der Waals surface area contributed by atoms with Gasteiger partial charge in [-0.3, -0.25) is 0 Å². The minimum atomic E-state index is -0.318. The Morgan fingerprint density at radius 2 is 2.06 bits per heavy atom. The topological polar surface area (TPSA) is 56.5 Å². The van der Waals surface area contributed by atoms with Crippen LogP contribution in [0.2, 0.25) is 5.02 Å². The maximum absolute atomic E-state index is 5.96. The van der Waals surface area contributed by atoms with E-state index in [0.29, 0.717) is 18.0 Å². The Bertz CT molecular complexity index is 372. The fraction of sp³-hybridized carbons (Fsp3) is 0.538. The van der Waals surface area contributed by atoms with Gasteiger partial charge in [0, 0.05) is 37.9 Å². The van der Waals surface area contributed by atoms with E-state index in [1.807, 2.05) is 31.2 Å². The Kier molecular flexibility index (Phi) is 5.88. The first-order chi connectivity index (χ1) is 8.53. The summed E-state index contributed by atoms with van der Waals surface area (Å²) >= 11 is 5.96. The fourth-order valence-electron chi connectivity index (χ4n) is 1.73. The maximum atomic E-state index is 5.96. The largest absolute Gasteiger partial charge is 0.378 e. The van der Waals surface area contributed by atoms with Crippen molar-refractivity contribution >= 4 is 17.3 Å². The van der Waals surface area contributed by atoms with Crippen LogP contribution in [0, 0.1) is 0 Å². The lowest BCUT2D eigenvalue weighted by Crippen LogP contribution is -2.45. The lowest BCUT2D eigenvalue weighted by molar-refractivity contribution is -0.113. The molecule has 1 aromatic carbocycles. The van der Waals surface area contributed by atoms with E-state index >= 15 is 0 Å². The summed E-state index contributed by atoms with van der Waals surface area (Å²) in [6.07, 6.45) is 0.355. The Morgan fingerprint density at radius 1 is 1.39 bits per heavy atom. The first kappa shape index (κ1) is 15.2. The number of hydrogen-bond acceptors (Lipinski definition) is 4. The maximum Gasteiger partial charge on any atom is 0.159 e. The molecule has 5 heteroatoms. The third-order valence-corrected chi connectivity index (χ3v) is 3.10. The molecule has 1 atom stereocenters. The number of benzene rings is 1. The molecule has 0 aliphatic heterocycles. The molecule has 1 rings (SSSR count). The number of nitrogens with two attached hydrogens (primary N) is 1. The number of nitrogens with one attached hydrogen (secondary N) is 1. The summed E-state index contributed by atoms with van der Waals surface area (Å²) in [7, 11) is 3.23. The Labute approximate surface area is 113 Å².